The van der Waals surface area contributed by atoms with E-state index in [1.165, 1.54) is 17.0 Å². The van der Waals surface area contributed by atoms with Gasteiger partial charge in [-0.2, -0.15) is 0 Å². The molecule has 2 aliphatic heterocycles. The van der Waals surface area contributed by atoms with E-state index in [0.717, 1.165) is 30.2 Å². The van der Waals surface area contributed by atoms with Gasteiger partial charge in [0, 0.05) is 32.0 Å². The van der Waals surface area contributed by atoms with Crippen molar-refractivity contribution in [3.63, 3.8) is 0 Å². The molecule has 1 unspecified atom stereocenters. The van der Waals surface area contributed by atoms with Gasteiger partial charge in [0.15, 0.2) is 0 Å². The fourth-order valence-electron chi connectivity index (χ4n) is 3.80. The van der Waals surface area contributed by atoms with Crippen molar-refractivity contribution in [2.45, 2.75) is 37.9 Å². The van der Waals surface area contributed by atoms with Crippen molar-refractivity contribution < 1.29 is 18.7 Å². The molecule has 4 rings (SSSR count). The van der Waals surface area contributed by atoms with Gasteiger partial charge < -0.3 is 26.0 Å². The average molecular weight is 463 g/mol. The van der Waals surface area contributed by atoms with Gasteiger partial charge in [-0.05, 0) is 42.5 Å². The van der Waals surface area contributed by atoms with Crippen LogP contribution in [0.1, 0.15) is 35.7 Å². The van der Waals surface area contributed by atoms with Crippen LogP contribution < -0.4 is 16.4 Å². The second-order valence-electron chi connectivity index (χ2n) is 7.83. The lowest BCUT2D eigenvalue weighted by molar-refractivity contribution is -0.120. The van der Waals surface area contributed by atoms with Crippen LogP contribution in [0, 0.1) is 5.82 Å². The Bertz CT molecular complexity index is 1020. The van der Waals surface area contributed by atoms with Crippen molar-refractivity contribution in [3.8, 4) is 0 Å². The van der Waals surface area contributed by atoms with E-state index >= 15 is 0 Å². The minimum absolute atomic E-state index is 0.0826. The third kappa shape index (κ3) is 5.08. The number of urea groups is 1. The van der Waals surface area contributed by atoms with E-state index in [1.54, 1.807) is 6.20 Å². The molecule has 9 nitrogen and oxygen atoms in total. The van der Waals surface area contributed by atoms with E-state index in [2.05, 4.69) is 20.6 Å². The van der Waals surface area contributed by atoms with Crippen molar-refractivity contribution in [1.82, 2.24) is 20.2 Å². The zero-order chi connectivity index (χ0) is 22.7. The molecular weight excluding hydrogens is 439 g/mol. The minimum atomic E-state index is -1.19. The van der Waals surface area contributed by atoms with Crippen molar-refractivity contribution in [3.05, 3.63) is 52.1 Å². The van der Waals surface area contributed by atoms with Gasteiger partial charge in [0.2, 0.25) is 11.9 Å². The van der Waals surface area contributed by atoms with E-state index in [1.807, 2.05) is 0 Å². The summed E-state index contributed by atoms with van der Waals surface area (Å²) >= 11 is 5.70. The number of carbonyl (C=O) groups is 2. The molecule has 1 saturated heterocycles. The summed E-state index contributed by atoms with van der Waals surface area (Å²) in [5.41, 5.74) is 7.38. The van der Waals surface area contributed by atoms with Gasteiger partial charge in [0.05, 0.1) is 17.3 Å². The summed E-state index contributed by atoms with van der Waals surface area (Å²) in [6, 6.07) is 2.43. The largest absolute Gasteiger partial charge is 0.381 e. The van der Waals surface area contributed by atoms with E-state index in [4.69, 9.17) is 22.1 Å². The normalized spacial score (nSPS) is 17.4. The smallest absolute Gasteiger partial charge is 0.318 e. The SMILES string of the molecule is NC(=O)C(NC(=O)N1CCc2cnc(NC3CCOCC3)nc2C1)c1ccc(Cl)c(F)c1. The Balaban J connectivity index is 1.44. The number of fused-ring (bicyclic) bond motifs is 1. The van der Waals surface area contributed by atoms with Gasteiger partial charge in [0.25, 0.3) is 0 Å². The fraction of sp³-hybridized carbons (Fsp3) is 0.429. The molecule has 1 atom stereocenters. The molecule has 2 aliphatic rings. The summed E-state index contributed by atoms with van der Waals surface area (Å²) in [6.07, 6.45) is 4.13. The van der Waals surface area contributed by atoms with Crippen LogP contribution in [0.2, 0.25) is 5.02 Å². The maximum absolute atomic E-state index is 13.8. The first-order valence-corrected chi connectivity index (χ1v) is 10.8. The van der Waals surface area contributed by atoms with E-state index in [9.17, 15) is 14.0 Å². The molecule has 0 spiro atoms. The fourth-order valence-corrected chi connectivity index (χ4v) is 3.91. The number of aromatic nitrogens is 2. The summed E-state index contributed by atoms with van der Waals surface area (Å²) in [7, 11) is 0. The molecule has 0 aliphatic carbocycles. The Morgan fingerprint density at radius 2 is 2.09 bits per heavy atom. The second kappa shape index (κ2) is 9.66. The van der Waals surface area contributed by atoms with Crippen LogP contribution in [-0.2, 0) is 22.5 Å². The molecule has 1 aromatic carbocycles. The molecule has 2 aromatic rings. The number of primary amides is 1. The Morgan fingerprint density at radius 1 is 1.31 bits per heavy atom. The van der Waals surface area contributed by atoms with Crippen molar-refractivity contribution in [2.24, 2.45) is 5.73 Å². The first-order valence-electron chi connectivity index (χ1n) is 10.4. The van der Waals surface area contributed by atoms with Crippen molar-refractivity contribution in [1.29, 1.82) is 0 Å². The lowest BCUT2D eigenvalue weighted by atomic mass is 10.1. The molecule has 11 heteroatoms. The summed E-state index contributed by atoms with van der Waals surface area (Å²) < 4.78 is 19.2. The topological polar surface area (TPSA) is 122 Å². The predicted molar refractivity (Wildman–Crippen MR) is 115 cm³/mol. The van der Waals surface area contributed by atoms with Crippen LogP contribution in [-0.4, -0.2) is 52.6 Å². The number of nitrogens with zero attached hydrogens (tertiary/aromatic N) is 3. The number of anilines is 1. The lowest BCUT2D eigenvalue weighted by Gasteiger charge is -2.30. The summed E-state index contributed by atoms with van der Waals surface area (Å²) in [5, 5.41) is 5.83. The molecule has 1 fully saturated rings. The summed E-state index contributed by atoms with van der Waals surface area (Å²) in [4.78, 5) is 35.3. The molecule has 170 valence electrons. The first-order chi connectivity index (χ1) is 15.4. The highest BCUT2D eigenvalue weighted by atomic mass is 35.5. The molecular formula is C21H24ClFN6O3. The van der Waals surface area contributed by atoms with E-state index < -0.39 is 23.8 Å². The Hall–Kier alpha value is -2.98. The van der Waals surface area contributed by atoms with Crippen LogP contribution in [0.5, 0.6) is 0 Å². The predicted octanol–water partition coefficient (Wildman–Crippen LogP) is 2.15. The number of amides is 3. The summed E-state index contributed by atoms with van der Waals surface area (Å²) in [5.74, 6) is -0.981. The molecule has 0 radical (unpaired) electrons. The Morgan fingerprint density at radius 3 is 2.81 bits per heavy atom. The number of ether oxygens (including phenoxy) is 1. The number of hydrogen-bond acceptors (Lipinski definition) is 6. The lowest BCUT2D eigenvalue weighted by Crippen LogP contribution is -2.47. The van der Waals surface area contributed by atoms with Gasteiger partial charge in [-0.25, -0.2) is 19.2 Å². The number of halogens is 2. The quantitative estimate of drug-likeness (QED) is 0.625. The highest BCUT2D eigenvalue weighted by Gasteiger charge is 2.27. The molecule has 3 amide bonds. The van der Waals surface area contributed by atoms with Gasteiger partial charge in [-0.1, -0.05) is 17.7 Å². The number of hydrogen-bond donors (Lipinski definition) is 3. The zero-order valence-corrected chi connectivity index (χ0v) is 18.1. The first kappa shape index (κ1) is 22.2. The third-order valence-corrected chi connectivity index (χ3v) is 5.92. The zero-order valence-electron chi connectivity index (χ0n) is 17.3. The summed E-state index contributed by atoms with van der Waals surface area (Å²) in [6.45, 7) is 2.09. The van der Waals surface area contributed by atoms with Gasteiger partial charge >= 0.3 is 6.03 Å². The van der Waals surface area contributed by atoms with E-state index in [0.29, 0.717) is 32.1 Å². The number of benzene rings is 1. The molecule has 1 aromatic heterocycles. The number of rotatable bonds is 5. The Labute approximate surface area is 189 Å². The molecule has 0 saturated carbocycles. The minimum Gasteiger partial charge on any atom is -0.381 e. The monoisotopic (exact) mass is 462 g/mol. The number of carbonyl (C=O) groups excluding carboxylic acids is 2. The van der Waals surface area contributed by atoms with Crippen LogP contribution in [0.15, 0.2) is 24.4 Å². The van der Waals surface area contributed by atoms with Gasteiger partial charge in [-0.15, -0.1) is 0 Å². The maximum atomic E-state index is 13.8. The molecule has 32 heavy (non-hydrogen) atoms. The molecule has 4 N–H and O–H groups in total. The average Bonchev–Trinajstić information content (AvgIpc) is 2.79. The van der Waals surface area contributed by atoms with Gasteiger partial charge in [-0.3, -0.25) is 4.79 Å². The number of nitrogens with one attached hydrogen (secondary N) is 2. The van der Waals surface area contributed by atoms with E-state index in [-0.39, 0.29) is 23.2 Å². The highest BCUT2D eigenvalue weighted by Crippen LogP contribution is 2.22. The highest BCUT2D eigenvalue weighted by molar-refractivity contribution is 6.30. The second-order valence-corrected chi connectivity index (χ2v) is 8.23. The Kier molecular flexibility index (Phi) is 6.71. The van der Waals surface area contributed by atoms with Crippen LogP contribution in [0.4, 0.5) is 15.1 Å². The van der Waals surface area contributed by atoms with Crippen molar-refractivity contribution in [2.75, 3.05) is 25.1 Å². The number of nitrogens with two attached hydrogens (primary N) is 1. The molecule has 0 bridgehead atoms. The van der Waals surface area contributed by atoms with Gasteiger partial charge in [0.1, 0.15) is 11.9 Å². The third-order valence-electron chi connectivity index (χ3n) is 5.62. The van der Waals surface area contributed by atoms with Crippen molar-refractivity contribution >= 4 is 29.5 Å². The standard InChI is InChI=1S/C21H24ClFN6O3/c22-15-2-1-12(9-16(15)23)18(19(24)30)28-21(31)29-6-3-13-10-25-20(27-17(13)11-29)26-14-4-7-32-8-5-14/h1-2,9-10,14,18H,3-8,11H2,(H2,24,30)(H,28,31)(H,25,26,27). The van der Waals surface area contributed by atoms with Crippen LogP contribution in [0.25, 0.3) is 0 Å². The maximum Gasteiger partial charge on any atom is 0.318 e. The van der Waals surface area contributed by atoms with Crippen LogP contribution in [0.3, 0.4) is 0 Å². The van der Waals surface area contributed by atoms with Crippen LogP contribution >= 0.6 is 11.6 Å². The molecule has 3 heterocycles.